The second-order valence-corrected chi connectivity index (χ2v) is 4.69. The molecule has 0 aliphatic carbocycles. The topological polar surface area (TPSA) is 78.5 Å². The summed E-state index contributed by atoms with van der Waals surface area (Å²) in [5.74, 6) is -1.20. The normalized spacial score (nSPS) is 15.0. The number of hydrogen-bond acceptors (Lipinski definition) is 4. The van der Waals surface area contributed by atoms with Gasteiger partial charge in [-0.1, -0.05) is 0 Å². The van der Waals surface area contributed by atoms with Crippen molar-refractivity contribution in [1.82, 2.24) is 10.2 Å². The van der Waals surface area contributed by atoms with E-state index in [1.54, 1.807) is 12.1 Å². The van der Waals surface area contributed by atoms with E-state index in [2.05, 4.69) is 10.6 Å². The van der Waals surface area contributed by atoms with E-state index in [9.17, 15) is 14.4 Å². The monoisotopic (exact) mass is 275 g/mol. The van der Waals surface area contributed by atoms with Crippen LogP contribution in [0, 0.1) is 6.92 Å². The summed E-state index contributed by atoms with van der Waals surface area (Å²) < 4.78 is 0. The van der Waals surface area contributed by atoms with Crippen LogP contribution < -0.4 is 10.6 Å². The van der Waals surface area contributed by atoms with E-state index >= 15 is 0 Å². The van der Waals surface area contributed by atoms with E-state index < -0.39 is 11.8 Å². The zero-order valence-electron chi connectivity index (χ0n) is 11.5. The Kier molecular flexibility index (Phi) is 4.02. The Labute approximate surface area is 117 Å². The Morgan fingerprint density at radius 3 is 2.50 bits per heavy atom. The van der Waals surface area contributed by atoms with Crippen LogP contribution in [0.15, 0.2) is 18.2 Å². The van der Waals surface area contributed by atoms with Gasteiger partial charge in [-0.2, -0.15) is 0 Å². The molecule has 1 fully saturated rings. The first-order valence-corrected chi connectivity index (χ1v) is 6.47. The molecule has 6 heteroatoms. The number of nitrogens with zero attached hydrogens (tertiary/aromatic N) is 1. The number of carbonyl (C=O) groups excluding carboxylic acids is 3. The average Bonchev–Trinajstić information content (AvgIpc) is 2.39. The molecule has 1 saturated heterocycles. The third kappa shape index (κ3) is 2.96. The van der Waals surface area contributed by atoms with Gasteiger partial charge in [-0.05, 0) is 37.6 Å². The number of benzene rings is 1. The lowest BCUT2D eigenvalue weighted by atomic mass is 10.1. The second kappa shape index (κ2) is 5.73. The molecule has 3 amide bonds. The molecule has 6 nitrogen and oxygen atoms in total. The predicted octanol–water partition coefficient (Wildman–Crippen LogP) is 0.525. The molecule has 0 unspecified atom stereocenters. The van der Waals surface area contributed by atoms with Gasteiger partial charge in [0.2, 0.25) is 11.8 Å². The van der Waals surface area contributed by atoms with Crippen molar-refractivity contribution in [2.45, 2.75) is 13.8 Å². The largest absolute Gasteiger partial charge is 0.385 e. The van der Waals surface area contributed by atoms with Crippen molar-refractivity contribution in [1.29, 1.82) is 0 Å². The summed E-state index contributed by atoms with van der Waals surface area (Å²) in [7, 11) is 0. The number of piperazine rings is 1. The summed E-state index contributed by atoms with van der Waals surface area (Å²) in [6.45, 7) is 4.53. The zero-order valence-corrected chi connectivity index (χ0v) is 11.5. The zero-order chi connectivity index (χ0) is 14.7. The minimum atomic E-state index is -0.449. The van der Waals surface area contributed by atoms with Gasteiger partial charge >= 0.3 is 0 Å². The highest BCUT2D eigenvalue weighted by molar-refractivity contribution is 6.05. The summed E-state index contributed by atoms with van der Waals surface area (Å²) in [5, 5.41) is 5.36. The van der Waals surface area contributed by atoms with Gasteiger partial charge in [0.1, 0.15) is 13.1 Å². The third-order valence-corrected chi connectivity index (χ3v) is 3.08. The fourth-order valence-corrected chi connectivity index (χ4v) is 2.15. The Morgan fingerprint density at radius 1 is 1.30 bits per heavy atom. The van der Waals surface area contributed by atoms with Crippen LogP contribution in [0.2, 0.25) is 0 Å². The standard InChI is InChI=1S/C14H17N3O3/c1-3-15-11-5-4-10(6-9(11)2)14(20)17-7-12(18)16-13(19)8-17/h4-6,15H,3,7-8H2,1-2H3,(H,16,18,19). The third-order valence-electron chi connectivity index (χ3n) is 3.08. The van der Waals surface area contributed by atoms with Crippen LogP contribution in [0.4, 0.5) is 5.69 Å². The average molecular weight is 275 g/mol. The number of nitrogens with one attached hydrogen (secondary N) is 2. The van der Waals surface area contributed by atoms with E-state index in [4.69, 9.17) is 0 Å². The minimum absolute atomic E-state index is 0.0847. The summed E-state index contributed by atoms with van der Waals surface area (Å²) in [4.78, 5) is 36.1. The molecule has 0 atom stereocenters. The Morgan fingerprint density at radius 2 is 1.95 bits per heavy atom. The van der Waals surface area contributed by atoms with Crippen molar-refractivity contribution in [2.24, 2.45) is 0 Å². The van der Waals surface area contributed by atoms with E-state index in [0.29, 0.717) is 5.56 Å². The molecule has 0 saturated carbocycles. The minimum Gasteiger partial charge on any atom is -0.385 e. The fraction of sp³-hybridized carbons (Fsp3) is 0.357. The quantitative estimate of drug-likeness (QED) is 0.789. The number of aryl methyl sites for hydroxylation is 1. The number of anilines is 1. The fourth-order valence-electron chi connectivity index (χ4n) is 2.15. The molecule has 0 aromatic heterocycles. The van der Waals surface area contributed by atoms with Crippen LogP contribution in [0.3, 0.4) is 0 Å². The SMILES string of the molecule is CCNc1ccc(C(=O)N2CC(=O)NC(=O)C2)cc1C. The van der Waals surface area contributed by atoms with Crippen molar-refractivity contribution in [3.05, 3.63) is 29.3 Å². The van der Waals surface area contributed by atoms with Gasteiger partial charge in [0.15, 0.2) is 0 Å². The van der Waals surface area contributed by atoms with E-state index in [0.717, 1.165) is 17.8 Å². The summed E-state index contributed by atoms with van der Waals surface area (Å²) in [5.41, 5.74) is 2.40. The molecule has 1 aromatic carbocycles. The lowest BCUT2D eigenvalue weighted by Gasteiger charge is -2.25. The first kappa shape index (κ1) is 14.0. The Hall–Kier alpha value is -2.37. The van der Waals surface area contributed by atoms with Crippen LogP contribution in [-0.4, -0.2) is 42.3 Å². The Balaban J connectivity index is 2.18. The molecule has 20 heavy (non-hydrogen) atoms. The number of carbonyl (C=O) groups is 3. The van der Waals surface area contributed by atoms with E-state index in [1.165, 1.54) is 4.90 Å². The van der Waals surface area contributed by atoms with E-state index in [1.807, 2.05) is 19.9 Å². The van der Waals surface area contributed by atoms with Crippen molar-refractivity contribution >= 4 is 23.4 Å². The van der Waals surface area contributed by atoms with Crippen LogP contribution in [0.25, 0.3) is 0 Å². The van der Waals surface area contributed by atoms with Crippen LogP contribution in [0.5, 0.6) is 0 Å². The van der Waals surface area contributed by atoms with Crippen LogP contribution in [-0.2, 0) is 9.59 Å². The van der Waals surface area contributed by atoms with Crippen LogP contribution in [0.1, 0.15) is 22.8 Å². The van der Waals surface area contributed by atoms with Crippen molar-refractivity contribution in [3.8, 4) is 0 Å². The van der Waals surface area contributed by atoms with Gasteiger partial charge in [-0.15, -0.1) is 0 Å². The first-order chi connectivity index (χ1) is 9.51. The lowest BCUT2D eigenvalue weighted by Crippen LogP contribution is -2.53. The van der Waals surface area contributed by atoms with Gasteiger partial charge in [-0.3, -0.25) is 19.7 Å². The molecule has 0 radical (unpaired) electrons. The number of rotatable bonds is 3. The molecule has 1 heterocycles. The molecule has 1 aromatic rings. The molecule has 1 aliphatic heterocycles. The summed E-state index contributed by atoms with van der Waals surface area (Å²) in [6.07, 6.45) is 0. The lowest BCUT2D eigenvalue weighted by molar-refractivity contribution is -0.135. The number of imide groups is 1. The van der Waals surface area contributed by atoms with Crippen LogP contribution >= 0.6 is 0 Å². The number of hydrogen-bond donors (Lipinski definition) is 2. The predicted molar refractivity (Wildman–Crippen MR) is 74.4 cm³/mol. The maximum atomic E-state index is 12.3. The highest BCUT2D eigenvalue weighted by Gasteiger charge is 2.27. The molecule has 2 rings (SSSR count). The second-order valence-electron chi connectivity index (χ2n) is 4.69. The molecule has 1 aliphatic rings. The molecule has 0 spiro atoms. The number of amides is 3. The van der Waals surface area contributed by atoms with Crippen molar-refractivity contribution in [3.63, 3.8) is 0 Å². The molecular weight excluding hydrogens is 258 g/mol. The van der Waals surface area contributed by atoms with Crippen molar-refractivity contribution < 1.29 is 14.4 Å². The smallest absolute Gasteiger partial charge is 0.254 e. The van der Waals surface area contributed by atoms with Gasteiger partial charge in [0.25, 0.3) is 5.91 Å². The summed E-state index contributed by atoms with van der Waals surface area (Å²) >= 11 is 0. The molecule has 0 bridgehead atoms. The van der Waals surface area contributed by atoms with Gasteiger partial charge < -0.3 is 10.2 Å². The van der Waals surface area contributed by atoms with Gasteiger partial charge in [0.05, 0.1) is 0 Å². The molecular formula is C14H17N3O3. The maximum absolute atomic E-state index is 12.3. The van der Waals surface area contributed by atoms with Gasteiger partial charge in [-0.25, -0.2) is 0 Å². The highest BCUT2D eigenvalue weighted by atomic mass is 16.2. The van der Waals surface area contributed by atoms with Crippen molar-refractivity contribution in [2.75, 3.05) is 25.0 Å². The molecule has 2 N–H and O–H groups in total. The summed E-state index contributed by atoms with van der Waals surface area (Å²) in [6, 6.07) is 5.29. The molecule has 106 valence electrons. The first-order valence-electron chi connectivity index (χ1n) is 6.47. The Bertz CT molecular complexity index is 553. The maximum Gasteiger partial charge on any atom is 0.254 e. The highest BCUT2D eigenvalue weighted by Crippen LogP contribution is 2.17. The van der Waals surface area contributed by atoms with E-state index in [-0.39, 0.29) is 19.0 Å². The van der Waals surface area contributed by atoms with Gasteiger partial charge in [0, 0.05) is 17.8 Å².